The summed E-state index contributed by atoms with van der Waals surface area (Å²) in [6, 6.07) is 10.5. The quantitative estimate of drug-likeness (QED) is 0.593. The van der Waals surface area contributed by atoms with Crippen LogP contribution in [0.3, 0.4) is 0 Å². The van der Waals surface area contributed by atoms with E-state index in [-0.39, 0.29) is 29.5 Å². The zero-order valence-electron chi connectivity index (χ0n) is 11.5. The van der Waals surface area contributed by atoms with Gasteiger partial charge in [0.15, 0.2) is 0 Å². The molecule has 0 bridgehead atoms. The van der Waals surface area contributed by atoms with Crippen molar-refractivity contribution in [3.05, 3.63) is 48.6 Å². The molecule has 1 saturated carbocycles. The van der Waals surface area contributed by atoms with Crippen molar-refractivity contribution >= 4 is 29.8 Å². The molecule has 0 amide bonds. The average molecular weight is 371 g/mol. The van der Waals surface area contributed by atoms with Crippen molar-refractivity contribution in [1.82, 2.24) is 4.90 Å². The molecule has 3 heteroatoms. The summed E-state index contributed by atoms with van der Waals surface area (Å²) in [5.74, 6) is 0.397. The van der Waals surface area contributed by atoms with Crippen LogP contribution in [0.2, 0.25) is 0 Å². The van der Waals surface area contributed by atoms with Crippen LogP contribution in [0.4, 0.5) is 0 Å². The first-order valence-corrected chi connectivity index (χ1v) is 6.58. The maximum absolute atomic E-state index is 11.5. The Bertz CT molecular complexity index is 420. The van der Waals surface area contributed by atoms with Crippen molar-refractivity contribution in [3.63, 3.8) is 0 Å². The number of halogens is 1. The Morgan fingerprint density at radius 3 is 2.37 bits per heavy atom. The smallest absolute Gasteiger partial charge is 0.133 e. The summed E-state index contributed by atoms with van der Waals surface area (Å²) < 4.78 is 0. The Balaban J connectivity index is 0.00000180. The van der Waals surface area contributed by atoms with Gasteiger partial charge in [-0.05, 0) is 25.5 Å². The van der Waals surface area contributed by atoms with Crippen molar-refractivity contribution in [1.29, 1.82) is 0 Å². The highest BCUT2D eigenvalue weighted by Crippen LogP contribution is 2.40. The van der Waals surface area contributed by atoms with Gasteiger partial charge in [-0.15, -0.1) is 30.6 Å². The molecule has 0 saturated heterocycles. The summed E-state index contributed by atoms with van der Waals surface area (Å²) >= 11 is 0. The predicted octanol–water partition coefficient (Wildman–Crippen LogP) is 3.76. The number of likely N-dealkylation sites (N-methyl/N-ethyl adjacent to an activating group) is 1. The third-order valence-electron chi connectivity index (χ3n) is 4.08. The normalized spacial score (nSPS) is 17.9. The van der Waals surface area contributed by atoms with Gasteiger partial charge in [-0.2, -0.15) is 0 Å². The van der Waals surface area contributed by atoms with Gasteiger partial charge in [0.05, 0.1) is 0 Å². The number of carbonyl (C=O) groups is 1. The highest BCUT2D eigenvalue weighted by atomic mass is 127. The first kappa shape index (κ1) is 16.4. The molecule has 104 valence electrons. The third-order valence-corrected chi connectivity index (χ3v) is 4.08. The summed E-state index contributed by atoms with van der Waals surface area (Å²) in [6.45, 7) is 4.68. The van der Waals surface area contributed by atoms with E-state index in [0.29, 0.717) is 18.6 Å². The second kappa shape index (κ2) is 7.20. The van der Waals surface area contributed by atoms with Gasteiger partial charge in [0.2, 0.25) is 0 Å². The Labute approximate surface area is 132 Å². The average Bonchev–Trinajstić information content (AvgIpc) is 2.41. The topological polar surface area (TPSA) is 20.3 Å². The van der Waals surface area contributed by atoms with E-state index in [4.69, 9.17) is 0 Å². The summed E-state index contributed by atoms with van der Waals surface area (Å²) in [5.41, 5.74) is 1.32. The second-order valence-electron chi connectivity index (χ2n) is 5.11. The van der Waals surface area contributed by atoms with Crippen molar-refractivity contribution in [3.8, 4) is 0 Å². The summed E-state index contributed by atoms with van der Waals surface area (Å²) in [6.07, 6.45) is 5.15. The molecule has 0 atom stereocenters. The molecule has 19 heavy (non-hydrogen) atoms. The zero-order valence-corrected chi connectivity index (χ0v) is 13.8. The number of benzene rings is 1. The fourth-order valence-electron chi connectivity index (χ4n) is 2.95. The molecule has 1 aliphatic rings. The lowest BCUT2D eigenvalue weighted by Gasteiger charge is -2.44. The highest BCUT2D eigenvalue weighted by molar-refractivity contribution is 14.0. The molecule has 2 nitrogen and oxygen atoms in total. The number of ketones is 1. The van der Waals surface area contributed by atoms with Crippen LogP contribution in [0.1, 0.15) is 31.2 Å². The number of Topliss-reactive ketones (excluding diaryl/α,β-unsaturated/α-hetero) is 1. The minimum atomic E-state index is 0. The molecule has 0 unspecified atom stereocenters. The maximum atomic E-state index is 11.5. The maximum Gasteiger partial charge on any atom is 0.133 e. The molecule has 0 heterocycles. The van der Waals surface area contributed by atoms with Gasteiger partial charge in [-0.1, -0.05) is 36.4 Å². The fourth-order valence-corrected chi connectivity index (χ4v) is 2.95. The lowest BCUT2D eigenvalue weighted by Crippen LogP contribution is -2.46. The van der Waals surface area contributed by atoms with E-state index in [1.54, 1.807) is 0 Å². The van der Waals surface area contributed by atoms with Crippen molar-refractivity contribution in [2.45, 2.75) is 31.2 Å². The third kappa shape index (κ3) is 3.45. The van der Waals surface area contributed by atoms with Gasteiger partial charge in [-0.25, -0.2) is 0 Å². The van der Waals surface area contributed by atoms with E-state index in [0.717, 1.165) is 19.4 Å². The Hall–Kier alpha value is -0.680. The van der Waals surface area contributed by atoms with Gasteiger partial charge >= 0.3 is 0 Å². The molecule has 1 fully saturated rings. The van der Waals surface area contributed by atoms with Gasteiger partial charge in [0.1, 0.15) is 5.78 Å². The van der Waals surface area contributed by atoms with E-state index < -0.39 is 0 Å². The van der Waals surface area contributed by atoms with Crippen LogP contribution in [-0.4, -0.2) is 24.3 Å². The van der Waals surface area contributed by atoms with Crippen LogP contribution >= 0.6 is 24.0 Å². The van der Waals surface area contributed by atoms with Crippen LogP contribution in [0.5, 0.6) is 0 Å². The fraction of sp³-hybridized carbons (Fsp3) is 0.438. The monoisotopic (exact) mass is 371 g/mol. The first-order valence-electron chi connectivity index (χ1n) is 6.58. The molecule has 1 aromatic rings. The van der Waals surface area contributed by atoms with Crippen LogP contribution in [0, 0.1) is 0 Å². The van der Waals surface area contributed by atoms with Crippen molar-refractivity contribution < 1.29 is 4.79 Å². The Morgan fingerprint density at radius 1 is 1.26 bits per heavy atom. The summed E-state index contributed by atoms with van der Waals surface area (Å²) in [7, 11) is 2.13. The lowest BCUT2D eigenvalue weighted by atomic mass is 9.75. The number of nitrogens with zero attached hydrogens (tertiary/aromatic N) is 1. The minimum Gasteiger partial charge on any atom is -0.300 e. The molecule has 0 N–H and O–H groups in total. The van der Waals surface area contributed by atoms with E-state index >= 15 is 0 Å². The number of carbonyl (C=O) groups excluding carboxylic acids is 1. The molecule has 0 radical (unpaired) electrons. The van der Waals surface area contributed by atoms with Crippen LogP contribution in [0.15, 0.2) is 43.0 Å². The summed E-state index contributed by atoms with van der Waals surface area (Å²) in [5, 5.41) is 0. The predicted molar refractivity (Wildman–Crippen MR) is 89.8 cm³/mol. The van der Waals surface area contributed by atoms with E-state index in [1.807, 2.05) is 12.1 Å². The first-order chi connectivity index (χ1) is 8.69. The van der Waals surface area contributed by atoms with Crippen LogP contribution in [0.25, 0.3) is 0 Å². The zero-order chi connectivity index (χ0) is 13.0. The van der Waals surface area contributed by atoms with Crippen LogP contribution in [-0.2, 0) is 10.3 Å². The molecule has 0 aliphatic heterocycles. The standard InChI is InChI=1S/C16H21NO.HI/c1-3-13-17(2)16(11-9-15(18)10-12-16)14-7-5-4-6-8-14;/h3-8H,1,9-13H2,2H3;1H. The lowest BCUT2D eigenvalue weighted by molar-refractivity contribution is -0.123. The second-order valence-corrected chi connectivity index (χ2v) is 5.11. The number of hydrogen-bond donors (Lipinski definition) is 0. The molecule has 1 aromatic carbocycles. The summed E-state index contributed by atoms with van der Waals surface area (Å²) in [4.78, 5) is 13.9. The highest BCUT2D eigenvalue weighted by Gasteiger charge is 2.39. The van der Waals surface area contributed by atoms with E-state index in [2.05, 4.69) is 42.8 Å². The number of hydrogen-bond acceptors (Lipinski definition) is 2. The van der Waals surface area contributed by atoms with Gasteiger partial charge < -0.3 is 0 Å². The molecule has 0 aromatic heterocycles. The van der Waals surface area contributed by atoms with Crippen LogP contribution < -0.4 is 0 Å². The Morgan fingerprint density at radius 2 is 1.84 bits per heavy atom. The van der Waals surface area contributed by atoms with Crippen molar-refractivity contribution in [2.24, 2.45) is 0 Å². The number of rotatable bonds is 4. The van der Waals surface area contributed by atoms with Gasteiger partial charge in [-0.3, -0.25) is 9.69 Å². The SMILES string of the molecule is C=CCN(C)C1(c2ccccc2)CCC(=O)CC1.I. The molecule has 0 spiro atoms. The van der Waals surface area contributed by atoms with E-state index in [1.165, 1.54) is 5.56 Å². The largest absolute Gasteiger partial charge is 0.300 e. The minimum absolute atomic E-state index is 0. The Kier molecular flexibility index (Phi) is 6.20. The van der Waals surface area contributed by atoms with Gasteiger partial charge in [0, 0.05) is 24.9 Å². The van der Waals surface area contributed by atoms with E-state index in [9.17, 15) is 4.79 Å². The molecule has 1 aliphatic carbocycles. The molecular formula is C16H22INO. The van der Waals surface area contributed by atoms with Crippen molar-refractivity contribution in [2.75, 3.05) is 13.6 Å². The molecule has 2 rings (SSSR count). The molecular weight excluding hydrogens is 349 g/mol. The van der Waals surface area contributed by atoms with Gasteiger partial charge in [0.25, 0.3) is 0 Å².